The molecule has 0 bridgehead atoms. The summed E-state index contributed by atoms with van der Waals surface area (Å²) in [6.45, 7) is -0.290. The van der Waals surface area contributed by atoms with Gasteiger partial charge in [0.25, 0.3) is 0 Å². The van der Waals surface area contributed by atoms with Crippen LogP contribution in [0.5, 0.6) is 0 Å². The fraction of sp³-hybridized carbons (Fsp3) is 0.200. The number of alkyl halides is 1. The van der Waals surface area contributed by atoms with Gasteiger partial charge in [0, 0.05) is 15.8 Å². The molecule has 0 aliphatic rings. The van der Waals surface area contributed by atoms with Crippen LogP contribution >= 0.6 is 22.9 Å². The van der Waals surface area contributed by atoms with Crippen LogP contribution in [-0.2, 0) is 12.5 Å². The third-order valence-corrected chi connectivity index (χ3v) is 3.41. The van der Waals surface area contributed by atoms with Crippen molar-refractivity contribution in [3.8, 4) is 0 Å². The molecular formula is C10H8ClFOS. The Morgan fingerprint density at radius 3 is 2.93 bits per heavy atom. The summed E-state index contributed by atoms with van der Waals surface area (Å²) in [6.07, 6.45) is 0. The minimum atomic E-state index is -0.377. The fourth-order valence-electron chi connectivity index (χ4n) is 1.46. The van der Waals surface area contributed by atoms with Crippen molar-refractivity contribution in [3.63, 3.8) is 0 Å². The second-order valence-corrected chi connectivity index (χ2v) is 4.14. The molecule has 1 heterocycles. The second-order valence-electron chi connectivity index (χ2n) is 2.96. The van der Waals surface area contributed by atoms with Gasteiger partial charge in [-0.15, -0.1) is 22.9 Å². The Bertz CT molecular complexity index is 466. The minimum Gasteiger partial charge on any atom is -0.392 e. The summed E-state index contributed by atoms with van der Waals surface area (Å²) in [7, 11) is 0. The zero-order valence-electron chi connectivity index (χ0n) is 7.26. The molecule has 0 aliphatic carbocycles. The number of hydrogen-bond acceptors (Lipinski definition) is 2. The summed E-state index contributed by atoms with van der Waals surface area (Å²) < 4.78 is 14.5. The number of thiophene rings is 1. The van der Waals surface area contributed by atoms with E-state index in [0.717, 1.165) is 10.1 Å². The van der Waals surface area contributed by atoms with Crippen molar-refractivity contribution in [3.05, 3.63) is 34.5 Å². The predicted molar refractivity (Wildman–Crippen MR) is 57.3 cm³/mol. The van der Waals surface area contributed by atoms with Crippen LogP contribution in [0.25, 0.3) is 10.1 Å². The molecule has 0 amide bonds. The lowest BCUT2D eigenvalue weighted by molar-refractivity contribution is 0.275. The van der Waals surface area contributed by atoms with E-state index in [2.05, 4.69) is 0 Å². The molecule has 1 nitrogen and oxygen atoms in total. The fourth-order valence-corrected chi connectivity index (χ4v) is 2.71. The Morgan fingerprint density at radius 2 is 2.29 bits per heavy atom. The molecular weight excluding hydrogens is 223 g/mol. The molecule has 14 heavy (non-hydrogen) atoms. The van der Waals surface area contributed by atoms with E-state index in [9.17, 15) is 4.39 Å². The van der Waals surface area contributed by atoms with Crippen molar-refractivity contribution >= 4 is 33.0 Å². The van der Waals surface area contributed by atoms with Gasteiger partial charge in [0.1, 0.15) is 5.82 Å². The zero-order chi connectivity index (χ0) is 10.1. The van der Waals surface area contributed by atoms with Gasteiger partial charge in [-0.25, -0.2) is 4.39 Å². The molecule has 0 unspecified atom stereocenters. The highest BCUT2D eigenvalue weighted by Crippen LogP contribution is 2.30. The van der Waals surface area contributed by atoms with E-state index in [1.165, 1.54) is 11.3 Å². The number of hydrogen-bond donors (Lipinski definition) is 1. The van der Waals surface area contributed by atoms with Crippen LogP contribution in [0.2, 0.25) is 0 Å². The number of benzene rings is 1. The Kier molecular flexibility index (Phi) is 2.72. The number of aliphatic hydroxyl groups excluding tert-OH is 1. The first-order chi connectivity index (χ1) is 6.77. The zero-order valence-corrected chi connectivity index (χ0v) is 8.83. The van der Waals surface area contributed by atoms with Gasteiger partial charge >= 0.3 is 0 Å². The van der Waals surface area contributed by atoms with E-state index in [4.69, 9.17) is 16.7 Å². The van der Waals surface area contributed by atoms with Crippen LogP contribution in [0.4, 0.5) is 4.39 Å². The monoisotopic (exact) mass is 230 g/mol. The first-order valence-electron chi connectivity index (χ1n) is 4.12. The van der Waals surface area contributed by atoms with Crippen LogP contribution in [-0.4, -0.2) is 5.11 Å². The molecule has 2 rings (SSSR count). The highest BCUT2D eigenvalue weighted by molar-refractivity contribution is 7.17. The molecule has 0 saturated heterocycles. The summed E-state index contributed by atoms with van der Waals surface area (Å²) in [5.41, 5.74) is 0.801. The highest BCUT2D eigenvalue weighted by Gasteiger charge is 2.12. The van der Waals surface area contributed by atoms with Gasteiger partial charge in [0.05, 0.1) is 12.5 Å². The number of rotatable bonds is 2. The van der Waals surface area contributed by atoms with Gasteiger partial charge in [-0.3, -0.25) is 0 Å². The molecule has 0 saturated carbocycles. The quantitative estimate of drug-likeness (QED) is 0.786. The van der Waals surface area contributed by atoms with Crippen molar-refractivity contribution in [2.45, 2.75) is 12.5 Å². The van der Waals surface area contributed by atoms with Crippen LogP contribution in [0.1, 0.15) is 11.1 Å². The lowest BCUT2D eigenvalue weighted by Gasteiger charge is -2.05. The van der Waals surface area contributed by atoms with E-state index in [1.54, 1.807) is 6.07 Å². The van der Waals surface area contributed by atoms with Crippen molar-refractivity contribution in [2.24, 2.45) is 0 Å². The molecule has 0 atom stereocenters. The van der Waals surface area contributed by atoms with E-state index < -0.39 is 0 Å². The third-order valence-electron chi connectivity index (χ3n) is 2.15. The van der Waals surface area contributed by atoms with Gasteiger partial charge in [0.15, 0.2) is 0 Å². The SMILES string of the molecule is OCc1cc2ccsc2c(CCl)c1F. The minimum absolute atomic E-state index is 0.136. The molecule has 1 aromatic heterocycles. The van der Waals surface area contributed by atoms with E-state index in [-0.39, 0.29) is 18.3 Å². The van der Waals surface area contributed by atoms with Crippen LogP contribution in [0.15, 0.2) is 17.5 Å². The lowest BCUT2D eigenvalue weighted by Crippen LogP contribution is -1.95. The molecule has 1 N–H and O–H groups in total. The van der Waals surface area contributed by atoms with Gasteiger partial charge < -0.3 is 5.11 Å². The Balaban J connectivity index is 2.80. The van der Waals surface area contributed by atoms with Crippen molar-refractivity contribution in [2.75, 3.05) is 0 Å². The number of fused-ring (bicyclic) bond motifs is 1. The average Bonchev–Trinajstić information content (AvgIpc) is 2.64. The summed E-state index contributed by atoms with van der Waals surface area (Å²) in [4.78, 5) is 0. The van der Waals surface area contributed by atoms with E-state index in [0.29, 0.717) is 11.1 Å². The van der Waals surface area contributed by atoms with Gasteiger partial charge in [-0.05, 0) is 22.9 Å². The molecule has 0 fully saturated rings. The lowest BCUT2D eigenvalue weighted by atomic mass is 10.1. The maximum absolute atomic E-state index is 13.6. The normalized spacial score (nSPS) is 11.1. The molecule has 4 heteroatoms. The van der Waals surface area contributed by atoms with Gasteiger partial charge in [0.2, 0.25) is 0 Å². The number of halogens is 2. The summed E-state index contributed by atoms with van der Waals surface area (Å²) in [5.74, 6) is -0.242. The summed E-state index contributed by atoms with van der Waals surface area (Å²) in [5, 5.41) is 11.8. The first-order valence-corrected chi connectivity index (χ1v) is 5.53. The van der Waals surface area contributed by atoms with Gasteiger partial charge in [-0.2, -0.15) is 0 Å². The largest absolute Gasteiger partial charge is 0.392 e. The molecule has 1 aromatic carbocycles. The Hall–Kier alpha value is -0.640. The van der Waals surface area contributed by atoms with Gasteiger partial charge in [-0.1, -0.05) is 0 Å². The Labute approximate surface area is 89.7 Å². The smallest absolute Gasteiger partial charge is 0.134 e. The molecule has 0 spiro atoms. The number of aliphatic hydroxyl groups is 1. The summed E-state index contributed by atoms with van der Waals surface area (Å²) in [6, 6.07) is 3.56. The second kappa shape index (κ2) is 3.85. The van der Waals surface area contributed by atoms with Crippen molar-refractivity contribution in [1.82, 2.24) is 0 Å². The highest BCUT2D eigenvalue weighted by atomic mass is 35.5. The molecule has 0 radical (unpaired) electrons. The van der Waals surface area contributed by atoms with E-state index in [1.807, 2.05) is 11.4 Å². The summed E-state index contributed by atoms with van der Waals surface area (Å²) >= 11 is 7.15. The molecule has 2 aromatic rings. The maximum atomic E-state index is 13.6. The van der Waals surface area contributed by atoms with Crippen LogP contribution in [0.3, 0.4) is 0 Å². The van der Waals surface area contributed by atoms with Crippen LogP contribution in [0, 0.1) is 5.82 Å². The first kappa shape index (κ1) is 9.90. The van der Waals surface area contributed by atoms with E-state index >= 15 is 0 Å². The molecule has 0 aliphatic heterocycles. The van der Waals surface area contributed by atoms with Crippen LogP contribution < -0.4 is 0 Å². The Morgan fingerprint density at radius 1 is 1.50 bits per heavy atom. The maximum Gasteiger partial charge on any atom is 0.134 e. The standard InChI is InChI=1S/C10H8ClFOS/c11-4-8-9(12)7(5-13)3-6-1-2-14-10(6)8/h1-3,13H,4-5H2. The van der Waals surface area contributed by atoms with Crippen molar-refractivity contribution < 1.29 is 9.50 Å². The topological polar surface area (TPSA) is 20.2 Å². The predicted octanol–water partition coefficient (Wildman–Crippen LogP) is 3.27. The average molecular weight is 231 g/mol. The molecule has 74 valence electrons. The third kappa shape index (κ3) is 1.41. The van der Waals surface area contributed by atoms with Crippen molar-refractivity contribution in [1.29, 1.82) is 0 Å².